The van der Waals surface area contributed by atoms with Crippen molar-refractivity contribution in [3.63, 3.8) is 0 Å². The fraction of sp³-hybridized carbons (Fsp3) is 0.517. The standard InChI is InChI=1S/C29H38FN5O5/c1-19(2)14-23(28(37)31-25-10-13-34(32-25)16-21-18-38-29(3,4)40-21)35-17-20(15-26(35)36)39-24-9-7-8-22(27(24)30)33-11-5-6-12-33/h7-10,13,15,17,19,21,23,36H,5-6,11-12,14,16,18H2,1-4H3,(H,31,32,37)/t21-,23+/m1/s1. The number of anilines is 2. The molecule has 0 aliphatic carbocycles. The maximum absolute atomic E-state index is 15.3. The van der Waals surface area contributed by atoms with Gasteiger partial charge in [-0.15, -0.1) is 0 Å². The van der Waals surface area contributed by atoms with E-state index in [9.17, 15) is 9.90 Å². The molecule has 2 fully saturated rings. The zero-order valence-electron chi connectivity index (χ0n) is 23.5. The summed E-state index contributed by atoms with van der Waals surface area (Å²) in [6.45, 7) is 10.3. The molecule has 2 aliphatic rings. The van der Waals surface area contributed by atoms with E-state index in [-0.39, 0.29) is 35.3 Å². The second-order valence-electron chi connectivity index (χ2n) is 11.3. The van der Waals surface area contributed by atoms with Crippen LogP contribution in [-0.4, -0.2) is 56.9 Å². The predicted octanol–water partition coefficient (Wildman–Crippen LogP) is 5.30. The number of hydrogen-bond donors (Lipinski definition) is 2. The van der Waals surface area contributed by atoms with Crippen LogP contribution in [0.15, 0.2) is 42.7 Å². The van der Waals surface area contributed by atoms with E-state index in [2.05, 4.69) is 10.4 Å². The first-order valence-electron chi connectivity index (χ1n) is 13.9. The fourth-order valence-electron chi connectivity index (χ4n) is 5.25. The zero-order valence-corrected chi connectivity index (χ0v) is 23.5. The number of hydrogen-bond acceptors (Lipinski definition) is 7. The number of rotatable bonds is 10. The quantitative estimate of drug-likeness (QED) is 0.350. The van der Waals surface area contributed by atoms with Gasteiger partial charge in [0.05, 0.1) is 25.0 Å². The Morgan fingerprint density at radius 1 is 1.27 bits per heavy atom. The summed E-state index contributed by atoms with van der Waals surface area (Å²) in [7, 11) is 0. The van der Waals surface area contributed by atoms with E-state index in [1.54, 1.807) is 35.1 Å². The van der Waals surface area contributed by atoms with Crippen LogP contribution in [0.4, 0.5) is 15.9 Å². The zero-order chi connectivity index (χ0) is 28.4. The first-order valence-corrected chi connectivity index (χ1v) is 13.9. The Hall–Kier alpha value is -3.57. The van der Waals surface area contributed by atoms with Gasteiger partial charge in [0, 0.05) is 31.4 Å². The Balaban J connectivity index is 1.29. The minimum absolute atomic E-state index is 0.0666. The summed E-state index contributed by atoms with van der Waals surface area (Å²) in [6, 6.07) is 7.42. The molecule has 216 valence electrons. The number of nitrogens with one attached hydrogen (secondary N) is 1. The molecule has 3 aromatic rings. The van der Waals surface area contributed by atoms with E-state index >= 15 is 4.39 Å². The largest absolute Gasteiger partial charge is 0.494 e. The van der Waals surface area contributed by atoms with Gasteiger partial charge < -0.3 is 34.1 Å². The molecule has 0 radical (unpaired) electrons. The first-order chi connectivity index (χ1) is 19.1. The van der Waals surface area contributed by atoms with Gasteiger partial charge in [0.1, 0.15) is 17.9 Å². The van der Waals surface area contributed by atoms with Crippen LogP contribution in [0.1, 0.15) is 53.0 Å². The van der Waals surface area contributed by atoms with Crippen LogP contribution >= 0.6 is 0 Å². The predicted molar refractivity (Wildman–Crippen MR) is 148 cm³/mol. The Bertz CT molecular complexity index is 1330. The molecule has 2 aliphatic heterocycles. The second-order valence-corrected chi connectivity index (χ2v) is 11.3. The van der Waals surface area contributed by atoms with Crippen molar-refractivity contribution < 1.29 is 28.5 Å². The van der Waals surface area contributed by atoms with Gasteiger partial charge in [0.25, 0.3) is 0 Å². The van der Waals surface area contributed by atoms with Crippen molar-refractivity contribution in [2.24, 2.45) is 5.92 Å². The van der Waals surface area contributed by atoms with Gasteiger partial charge in [-0.3, -0.25) is 9.48 Å². The monoisotopic (exact) mass is 555 g/mol. The highest BCUT2D eigenvalue weighted by Crippen LogP contribution is 2.36. The summed E-state index contributed by atoms with van der Waals surface area (Å²) in [4.78, 5) is 15.4. The average Bonchev–Trinajstić information content (AvgIpc) is 3.68. The molecule has 0 spiro atoms. The Morgan fingerprint density at radius 3 is 2.75 bits per heavy atom. The van der Waals surface area contributed by atoms with Gasteiger partial charge in [-0.25, -0.2) is 4.39 Å². The number of amides is 1. The van der Waals surface area contributed by atoms with Gasteiger partial charge in [-0.2, -0.15) is 5.10 Å². The van der Waals surface area contributed by atoms with Gasteiger partial charge in [-0.05, 0) is 51.2 Å². The first kappa shape index (κ1) is 28.0. The lowest BCUT2D eigenvalue weighted by molar-refractivity contribution is -0.139. The smallest absolute Gasteiger partial charge is 0.248 e. The molecule has 0 bridgehead atoms. The molecule has 5 rings (SSSR count). The second kappa shape index (κ2) is 11.5. The Kier molecular flexibility index (Phi) is 8.04. The van der Waals surface area contributed by atoms with Crippen LogP contribution < -0.4 is 15.0 Å². The highest BCUT2D eigenvalue weighted by Gasteiger charge is 2.33. The van der Waals surface area contributed by atoms with Gasteiger partial charge in [-0.1, -0.05) is 19.9 Å². The molecule has 2 atom stereocenters. The minimum Gasteiger partial charge on any atom is -0.494 e. The van der Waals surface area contributed by atoms with Crippen LogP contribution in [0.5, 0.6) is 17.4 Å². The van der Waals surface area contributed by atoms with Crippen molar-refractivity contribution in [3.8, 4) is 17.4 Å². The SMILES string of the molecule is CC(C)C[C@@H](C(=O)Nc1ccn(C[C@@H]2COC(C)(C)O2)n1)n1cc(Oc2cccc(N3CCCC3)c2F)cc1O. The molecule has 0 saturated carbocycles. The van der Waals surface area contributed by atoms with E-state index in [1.165, 1.54) is 16.8 Å². The summed E-state index contributed by atoms with van der Waals surface area (Å²) in [5, 5.41) is 18.1. The van der Waals surface area contributed by atoms with Crippen LogP contribution in [0.25, 0.3) is 0 Å². The van der Waals surface area contributed by atoms with Crippen molar-refractivity contribution in [1.82, 2.24) is 14.3 Å². The van der Waals surface area contributed by atoms with Crippen LogP contribution in [0.2, 0.25) is 0 Å². The maximum atomic E-state index is 15.3. The number of ether oxygens (including phenoxy) is 3. The summed E-state index contributed by atoms with van der Waals surface area (Å²) in [6.07, 6.45) is 5.68. The third-order valence-corrected chi connectivity index (χ3v) is 7.10. The molecule has 2 aromatic heterocycles. The van der Waals surface area contributed by atoms with Crippen molar-refractivity contribution in [2.45, 2.75) is 71.4 Å². The minimum atomic E-state index is -0.740. The van der Waals surface area contributed by atoms with Crippen molar-refractivity contribution in [1.29, 1.82) is 0 Å². The lowest BCUT2D eigenvalue weighted by atomic mass is 10.0. The molecular weight excluding hydrogens is 517 g/mol. The highest BCUT2D eigenvalue weighted by molar-refractivity contribution is 5.93. The number of aromatic nitrogens is 3. The molecular formula is C29H38FN5O5. The van der Waals surface area contributed by atoms with Gasteiger partial charge in [0.15, 0.2) is 29.1 Å². The summed E-state index contributed by atoms with van der Waals surface area (Å²) >= 11 is 0. The molecule has 4 heterocycles. The fourth-order valence-corrected chi connectivity index (χ4v) is 5.25. The number of halogens is 1. The number of carbonyl (C=O) groups is 1. The van der Waals surface area contributed by atoms with E-state index in [0.29, 0.717) is 31.1 Å². The third kappa shape index (κ3) is 6.42. The molecule has 1 amide bonds. The van der Waals surface area contributed by atoms with Crippen LogP contribution in [0, 0.1) is 11.7 Å². The molecule has 1 aromatic carbocycles. The third-order valence-electron chi connectivity index (χ3n) is 7.10. The van der Waals surface area contributed by atoms with Crippen LogP contribution in [0.3, 0.4) is 0 Å². The van der Waals surface area contributed by atoms with Crippen molar-refractivity contribution >= 4 is 17.4 Å². The molecule has 40 heavy (non-hydrogen) atoms. The van der Waals surface area contributed by atoms with Crippen molar-refractivity contribution in [2.75, 3.05) is 29.9 Å². The molecule has 11 heteroatoms. The van der Waals surface area contributed by atoms with E-state index in [4.69, 9.17) is 14.2 Å². The number of aromatic hydroxyl groups is 1. The number of benzene rings is 1. The van der Waals surface area contributed by atoms with Gasteiger partial charge >= 0.3 is 0 Å². The highest BCUT2D eigenvalue weighted by atomic mass is 19.1. The number of nitrogens with zero attached hydrogens (tertiary/aromatic N) is 4. The molecule has 2 N–H and O–H groups in total. The maximum Gasteiger partial charge on any atom is 0.248 e. The molecule has 2 saturated heterocycles. The van der Waals surface area contributed by atoms with Gasteiger partial charge in [0.2, 0.25) is 5.91 Å². The lowest BCUT2D eigenvalue weighted by Gasteiger charge is -2.20. The van der Waals surface area contributed by atoms with Crippen molar-refractivity contribution in [3.05, 3.63) is 48.5 Å². The number of carbonyl (C=O) groups excluding carboxylic acids is 1. The van der Waals surface area contributed by atoms with E-state index in [0.717, 1.165) is 25.9 Å². The topological polar surface area (TPSA) is 103 Å². The average molecular weight is 556 g/mol. The Morgan fingerprint density at radius 2 is 2.05 bits per heavy atom. The lowest BCUT2D eigenvalue weighted by Crippen LogP contribution is -2.27. The van der Waals surface area contributed by atoms with Crippen LogP contribution in [-0.2, 0) is 20.8 Å². The van der Waals surface area contributed by atoms with E-state index in [1.807, 2.05) is 32.6 Å². The Labute approximate surface area is 233 Å². The normalized spacial score (nSPS) is 19.4. The molecule has 0 unspecified atom stereocenters. The summed E-state index contributed by atoms with van der Waals surface area (Å²) in [5.74, 6) is -0.708. The summed E-state index contributed by atoms with van der Waals surface area (Å²) < 4.78 is 35.7. The summed E-state index contributed by atoms with van der Waals surface area (Å²) in [5.41, 5.74) is 0.505. The molecule has 10 nitrogen and oxygen atoms in total. The van der Waals surface area contributed by atoms with E-state index < -0.39 is 17.6 Å².